The van der Waals surface area contributed by atoms with Gasteiger partial charge >= 0.3 is 5.97 Å². The highest BCUT2D eigenvalue weighted by atomic mass is 16.5. The van der Waals surface area contributed by atoms with E-state index in [4.69, 9.17) is 9.84 Å². The van der Waals surface area contributed by atoms with Crippen molar-refractivity contribution in [3.63, 3.8) is 0 Å². The van der Waals surface area contributed by atoms with Gasteiger partial charge in [0.2, 0.25) is 0 Å². The third kappa shape index (κ3) is 2.95. The molecule has 7 nitrogen and oxygen atoms in total. The van der Waals surface area contributed by atoms with Gasteiger partial charge in [-0.1, -0.05) is 30.3 Å². The molecule has 1 N–H and O–H groups in total. The Kier molecular flexibility index (Phi) is 4.12. The van der Waals surface area contributed by atoms with Gasteiger partial charge in [-0.2, -0.15) is 5.10 Å². The topological polar surface area (TPSA) is 84.7 Å². The van der Waals surface area contributed by atoms with Gasteiger partial charge < -0.3 is 14.7 Å². The summed E-state index contributed by atoms with van der Waals surface area (Å²) in [6, 6.07) is 9.51. The largest absolute Gasteiger partial charge is 0.479 e. The first-order valence-corrected chi connectivity index (χ1v) is 7.29. The van der Waals surface area contributed by atoms with E-state index in [2.05, 4.69) is 5.10 Å². The Bertz CT molecular complexity index is 726. The number of nitrogens with zero attached hydrogens (tertiary/aromatic N) is 3. The van der Waals surface area contributed by atoms with Crippen molar-refractivity contribution in [3.8, 4) is 11.3 Å². The van der Waals surface area contributed by atoms with Crippen LogP contribution in [0.3, 0.4) is 0 Å². The molecule has 1 amide bonds. The molecule has 23 heavy (non-hydrogen) atoms. The van der Waals surface area contributed by atoms with Crippen molar-refractivity contribution in [2.75, 3.05) is 19.7 Å². The second kappa shape index (κ2) is 6.21. The fourth-order valence-electron chi connectivity index (χ4n) is 2.69. The molecule has 0 saturated carbocycles. The van der Waals surface area contributed by atoms with Gasteiger partial charge in [0.1, 0.15) is 0 Å². The number of amides is 1. The molecule has 1 aromatic heterocycles. The maximum Gasteiger partial charge on any atom is 0.334 e. The molecule has 120 valence electrons. The monoisotopic (exact) mass is 315 g/mol. The number of aromatic nitrogens is 2. The molecule has 0 bridgehead atoms. The molecular weight excluding hydrogens is 298 g/mol. The van der Waals surface area contributed by atoms with E-state index in [9.17, 15) is 9.59 Å². The average molecular weight is 315 g/mol. The van der Waals surface area contributed by atoms with E-state index in [1.54, 1.807) is 11.7 Å². The number of carboxylic acids is 1. The van der Waals surface area contributed by atoms with Crippen molar-refractivity contribution in [2.24, 2.45) is 7.05 Å². The molecule has 0 aliphatic carbocycles. The van der Waals surface area contributed by atoms with E-state index in [-0.39, 0.29) is 19.1 Å². The first-order chi connectivity index (χ1) is 11.1. The van der Waals surface area contributed by atoms with Crippen molar-refractivity contribution in [3.05, 3.63) is 42.1 Å². The van der Waals surface area contributed by atoms with Gasteiger partial charge in [0.15, 0.2) is 6.10 Å². The normalized spacial score (nSPS) is 18.0. The number of aliphatic carboxylic acids is 1. The van der Waals surface area contributed by atoms with Crippen LogP contribution in [0.25, 0.3) is 11.3 Å². The number of carboxylic acid groups (broad SMARTS) is 1. The van der Waals surface area contributed by atoms with Gasteiger partial charge in [-0.15, -0.1) is 0 Å². The van der Waals surface area contributed by atoms with Crippen LogP contribution in [-0.2, 0) is 16.6 Å². The number of morpholine rings is 1. The van der Waals surface area contributed by atoms with E-state index in [1.807, 2.05) is 30.3 Å². The lowest BCUT2D eigenvalue weighted by Crippen LogP contribution is -2.48. The van der Waals surface area contributed by atoms with Gasteiger partial charge in [-0.05, 0) is 0 Å². The minimum Gasteiger partial charge on any atom is -0.479 e. The molecule has 1 atom stereocenters. The lowest BCUT2D eigenvalue weighted by atomic mass is 10.1. The van der Waals surface area contributed by atoms with Crippen LogP contribution in [0.5, 0.6) is 0 Å². The maximum atomic E-state index is 12.8. The smallest absolute Gasteiger partial charge is 0.334 e. The van der Waals surface area contributed by atoms with Crippen molar-refractivity contribution >= 4 is 11.9 Å². The van der Waals surface area contributed by atoms with Gasteiger partial charge in [-0.25, -0.2) is 4.79 Å². The summed E-state index contributed by atoms with van der Waals surface area (Å²) < 4.78 is 6.81. The summed E-state index contributed by atoms with van der Waals surface area (Å²) in [4.78, 5) is 25.4. The molecule has 1 aliphatic heterocycles. The maximum absolute atomic E-state index is 12.8. The molecule has 2 heterocycles. The molecule has 3 rings (SSSR count). The first kappa shape index (κ1) is 15.2. The standard InChI is InChI=1S/C16H17N3O4/c1-18-14(11-5-3-2-4-6-11)12(9-17-18)15(20)19-7-8-23-13(10-19)16(21)22/h2-6,9,13H,7-8,10H2,1H3,(H,21,22). The summed E-state index contributed by atoms with van der Waals surface area (Å²) in [6.45, 7) is 0.618. The fourth-order valence-corrected chi connectivity index (χ4v) is 2.69. The SMILES string of the molecule is Cn1ncc(C(=O)N2CCOC(C(=O)O)C2)c1-c1ccccc1. The molecule has 1 aliphatic rings. The Morgan fingerprint density at radius 2 is 2.04 bits per heavy atom. The van der Waals surface area contributed by atoms with Crippen LogP contribution in [0.1, 0.15) is 10.4 Å². The van der Waals surface area contributed by atoms with Crippen molar-refractivity contribution in [1.29, 1.82) is 0 Å². The van der Waals surface area contributed by atoms with Crippen LogP contribution < -0.4 is 0 Å². The van der Waals surface area contributed by atoms with E-state index < -0.39 is 12.1 Å². The highest BCUT2D eigenvalue weighted by Crippen LogP contribution is 2.24. The van der Waals surface area contributed by atoms with Gasteiger partial charge in [0, 0.05) is 19.2 Å². The number of ether oxygens (including phenoxy) is 1. The summed E-state index contributed by atoms with van der Waals surface area (Å²) in [5.41, 5.74) is 2.07. The highest BCUT2D eigenvalue weighted by molar-refractivity contribution is 6.00. The molecule has 7 heteroatoms. The Balaban J connectivity index is 1.90. The zero-order valence-corrected chi connectivity index (χ0v) is 12.7. The number of aryl methyl sites for hydroxylation is 1. The number of hydrogen-bond donors (Lipinski definition) is 1. The van der Waals surface area contributed by atoms with Crippen LogP contribution in [0.2, 0.25) is 0 Å². The van der Waals surface area contributed by atoms with Crippen LogP contribution in [-0.4, -0.2) is 57.5 Å². The number of hydrogen-bond acceptors (Lipinski definition) is 4. The lowest BCUT2D eigenvalue weighted by molar-refractivity contribution is -0.154. The van der Waals surface area contributed by atoms with Crippen LogP contribution >= 0.6 is 0 Å². The average Bonchev–Trinajstić information content (AvgIpc) is 2.96. The predicted molar refractivity (Wildman–Crippen MR) is 81.9 cm³/mol. The van der Waals surface area contributed by atoms with E-state index in [0.29, 0.717) is 17.8 Å². The second-order valence-electron chi connectivity index (χ2n) is 5.35. The Labute approximate surface area is 133 Å². The molecule has 2 aromatic rings. The summed E-state index contributed by atoms with van der Waals surface area (Å²) in [7, 11) is 1.78. The number of carbonyl (C=O) groups is 2. The Morgan fingerprint density at radius 3 is 2.74 bits per heavy atom. The predicted octanol–water partition coefficient (Wildman–Crippen LogP) is 1.01. The van der Waals surface area contributed by atoms with Crippen LogP contribution in [0, 0.1) is 0 Å². The number of carbonyl (C=O) groups excluding carboxylic acids is 1. The molecule has 0 radical (unpaired) electrons. The summed E-state index contributed by atoms with van der Waals surface area (Å²) >= 11 is 0. The van der Waals surface area contributed by atoms with Crippen molar-refractivity contribution < 1.29 is 19.4 Å². The molecule has 1 unspecified atom stereocenters. The lowest BCUT2D eigenvalue weighted by Gasteiger charge is -2.30. The zero-order chi connectivity index (χ0) is 16.4. The molecule has 1 fully saturated rings. The van der Waals surface area contributed by atoms with Crippen LogP contribution in [0.4, 0.5) is 0 Å². The summed E-state index contributed by atoms with van der Waals surface area (Å²) in [6.07, 6.45) is 0.542. The quantitative estimate of drug-likeness (QED) is 0.914. The van der Waals surface area contributed by atoms with Crippen LogP contribution in [0.15, 0.2) is 36.5 Å². The van der Waals surface area contributed by atoms with Crippen molar-refractivity contribution in [1.82, 2.24) is 14.7 Å². The van der Waals surface area contributed by atoms with Crippen molar-refractivity contribution in [2.45, 2.75) is 6.10 Å². The van der Waals surface area contributed by atoms with E-state index in [0.717, 1.165) is 5.56 Å². The number of benzene rings is 1. The van der Waals surface area contributed by atoms with Gasteiger partial charge in [-0.3, -0.25) is 9.48 Å². The molecule has 1 saturated heterocycles. The fraction of sp³-hybridized carbons (Fsp3) is 0.312. The van der Waals surface area contributed by atoms with E-state index in [1.165, 1.54) is 11.1 Å². The van der Waals surface area contributed by atoms with E-state index >= 15 is 0 Å². The molecular formula is C16H17N3O4. The second-order valence-corrected chi connectivity index (χ2v) is 5.35. The Morgan fingerprint density at radius 1 is 1.30 bits per heavy atom. The Hall–Kier alpha value is -2.67. The van der Waals surface area contributed by atoms with Gasteiger partial charge in [0.25, 0.3) is 5.91 Å². The molecule has 0 spiro atoms. The zero-order valence-electron chi connectivity index (χ0n) is 12.7. The third-order valence-corrected chi connectivity index (χ3v) is 3.85. The summed E-state index contributed by atoms with van der Waals surface area (Å²) in [5.74, 6) is -1.29. The first-order valence-electron chi connectivity index (χ1n) is 7.29. The minimum atomic E-state index is -1.06. The minimum absolute atomic E-state index is 0.0390. The van der Waals surface area contributed by atoms with Gasteiger partial charge in [0.05, 0.1) is 30.6 Å². The summed E-state index contributed by atoms with van der Waals surface area (Å²) in [5, 5.41) is 13.3. The third-order valence-electron chi connectivity index (χ3n) is 3.85. The number of rotatable bonds is 3. The highest BCUT2D eigenvalue weighted by Gasteiger charge is 2.31. The molecule has 1 aromatic carbocycles.